The molecule has 3 N–H and O–H groups in total. The van der Waals surface area contributed by atoms with Crippen LogP contribution in [0.4, 0.5) is 4.79 Å². The summed E-state index contributed by atoms with van der Waals surface area (Å²) in [5.74, 6) is -1.97. The van der Waals surface area contributed by atoms with E-state index in [1.54, 1.807) is 45.0 Å². The summed E-state index contributed by atoms with van der Waals surface area (Å²) in [6.45, 7) is 5.96. The van der Waals surface area contributed by atoms with Crippen LogP contribution in [0.25, 0.3) is 11.4 Å². The van der Waals surface area contributed by atoms with Gasteiger partial charge in [-0.25, -0.2) is 14.8 Å². The molecule has 1 atom stereocenters. The van der Waals surface area contributed by atoms with E-state index in [0.29, 0.717) is 11.3 Å². The summed E-state index contributed by atoms with van der Waals surface area (Å²) in [6, 6.07) is 9.35. The summed E-state index contributed by atoms with van der Waals surface area (Å²) in [5, 5.41) is 23.2. The maximum absolute atomic E-state index is 13.4. The first-order valence-corrected chi connectivity index (χ1v) is 13.0. The third-order valence-corrected chi connectivity index (χ3v) is 6.35. The quantitative estimate of drug-likeness (QED) is 0.343. The number of rotatable bonds is 11. The molecule has 1 aromatic carbocycles. The van der Waals surface area contributed by atoms with Gasteiger partial charge >= 0.3 is 12.1 Å². The Hall–Kier alpha value is -4.10. The lowest BCUT2D eigenvalue weighted by molar-refractivity contribution is -0.157. The van der Waals surface area contributed by atoms with Crippen molar-refractivity contribution in [2.45, 2.75) is 45.1 Å². The van der Waals surface area contributed by atoms with Gasteiger partial charge in [0.1, 0.15) is 11.7 Å². The van der Waals surface area contributed by atoms with Crippen LogP contribution in [0.3, 0.4) is 0 Å². The number of carbonyl (C=O) groups excluding carboxylic acids is 3. The molecule has 1 saturated heterocycles. The van der Waals surface area contributed by atoms with Gasteiger partial charge in [0, 0.05) is 30.5 Å². The van der Waals surface area contributed by atoms with Crippen LogP contribution in [0.2, 0.25) is 0 Å². The van der Waals surface area contributed by atoms with Crippen LogP contribution in [0.5, 0.6) is 0 Å². The summed E-state index contributed by atoms with van der Waals surface area (Å²) >= 11 is 0. The SMILES string of the molecule is CCOC(=O)ON1CCN(C(=O)[C@H](CCC(=O)O)NC(=O)c2cc(C(C)(C)CO)nc(-c3ccccc3)n2)CC1. The zero-order chi connectivity index (χ0) is 29.3. The van der Waals surface area contributed by atoms with Crippen molar-refractivity contribution in [3.05, 3.63) is 47.8 Å². The first-order chi connectivity index (χ1) is 19.0. The molecular weight excluding hydrogens is 522 g/mol. The molecule has 13 heteroatoms. The molecule has 1 aliphatic heterocycles. The van der Waals surface area contributed by atoms with Crippen molar-refractivity contribution in [2.75, 3.05) is 39.4 Å². The van der Waals surface area contributed by atoms with Gasteiger partial charge in [-0.3, -0.25) is 14.4 Å². The Balaban J connectivity index is 1.81. The standard InChI is InChI=1S/C27H35N5O8/c1-4-39-26(38)40-32-14-12-31(13-15-32)25(37)19(10-11-22(34)35)29-24(36)20-16-21(27(2,3)17-33)30-23(28-20)18-8-6-5-7-9-18/h5-9,16,19,33H,4,10-15,17H2,1-3H3,(H,29,36)(H,34,35)/t19-/m0/s1. The zero-order valence-corrected chi connectivity index (χ0v) is 22.8. The van der Waals surface area contributed by atoms with E-state index in [0.717, 1.165) is 0 Å². The number of nitrogens with zero attached hydrogens (tertiary/aromatic N) is 4. The van der Waals surface area contributed by atoms with Gasteiger partial charge < -0.3 is 30.0 Å². The lowest BCUT2D eigenvalue weighted by atomic mass is 9.89. The third kappa shape index (κ3) is 8.20. The predicted molar refractivity (Wildman–Crippen MR) is 142 cm³/mol. The highest BCUT2D eigenvalue weighted by Gasteiger charge is 2.32. The molecule has 2 aromatic rings. The van der Waals surface area contributed by atoms with Crippen LogP contribution in [0.15, 0.2) is 36.4 Å². The second kappa shape index (κ2) is 13.8. The van der Waals surface area contributed by atoms with Crippen LogP contribution in [0, 0.1) is 0 Å². The Bertz CT molecular complexity index is 1200. The Morgan fingerprint density at radius 1 is 1.07 bits per heavy atom. The maximum atomic E-state index is 13.4. The van der Waals surface area contributed by atoms with Crippen LogP contribution in [0.1, 0.15) is 49.8 Å². The fourth-order valence-electron chi connectivity index (χ4n) is 3.93. The number of nitrogens with one attached hydrogen (secondary N) is 1. The lowest BCUT2D eigenvalue weighted by Gasteiger charge is -2.35. The number of aliphatic hydroxyl groups is 1. The Labute approximate surface area is 232 Å². The van der Waals surface area contributed by atoms with Gasteiger partial charge in [-0.1, -0.05) is 44.2 Å². The molecule has 13 nitrogen and oxygen atoms in total. The molecule has 2 heterocycles. The van der Waals surface area contributed by atoms with E-state index in [2.05, 4.69) is 15.3 Å². The van der Waals surface area contributed by atoms with Crippen molar-refractivity contribution in [3.63, 3.8) is 0 Å². The smallest absolute Gasteiger partial charge is 0.481 e. The first-order valence-electron chi connectivity index (χ1n) is 13.0. The molecule has 0 aliphatic carbocycles. The van der Waals surface area contributed by atoms with Crippen molar-refractivity contribution in [1.82, 2.24) is 25.2 Å². The highest BCUT2D eigenvalue weighted by atomic mass is 16.8. The largest absolute Gasteiger partial charge is 0.527 e. The summed E-state index contributed by atoms with van der Waals surface area (Å²) in [5.41, 5.74) is 0.283. The van der Waals surface area contributed by atoms with Crippen LogP contribution < -0.4 is 5.32 Å². The average Bonchev–Trinajstić information content (AvgIpc) is 2.95. The Morgan fingerprint density at radius 2 is 1.75 bits per heavy atom. The molecule has 0 radical (unpaired) electrons. The minimum absolute atomic E-state index is 0.0221. The second-order valence-electron chi connectivity index (χ2n) is 9.86. The Morgan fingerprint density at radius 3 is 2.35 bits per heavy atom. The molecule has 0 unspecified atom stereocenters. The van der Waals surface area contributed by atoms with E-state index in [1.165, 1.54) is 16.0 Å². The highest BCUT2D eigenvalue weighted by molar-refractivity contribution is 5.96. The van der Waals surface area contributed by atoms with E-state index in [1.807, 2.05) is 6.07 Å². The summed E-state index contributed by atoms with van der Waals surface area (Å²) < 4.78 is 4.76. The molecule has 0 saturated carbocycles. The maximum Gasteiger partial charge on any atom is 0.527 e. The topological polar surface area (TPSA) is 171 Å². The van der Waals surface area contributed by atoms with Crippen LogP contribution in [-0.2, 0) is 24.6 Å². The Kier molecular flexibility index (Phi) is 10.5. The van der Waals surface area contributed by atoms with Gasteiger partial charge in [0.2, 0.25) is 5.91 Å². The molecule has 0 bridgehead atoms. The molecule has 40 heavy (non-hydrogen) atoms. The van der Waals surface area contributed by atoms with Crippen molar-refractivity contribution < 1.29 is 39.0 Å². The number of aliphatic carboxylic acids is 1. The monoisotopic (exact) mass is 557 g/mol. The van der Waals surface area contributed by atoms with Crippen molar-refractivity contribution in [1.29, 1.82) is 0 Å². The van der Waals surface area contributed by atoms with Gasteiger partial charge in [-0.15, -0.1) is 5.06 Å². The fraction of sp³-hybridized carbons (Fsp3) is 0.481. The number of hydrogen-bond acceptors (Lipinski definition) is 10. The van der Waals surface area contributed by atoms with E-state index >= 15 is 0 Å². The minimum atomic E-state index is -1.13. The number of hydroxylamine groups is 2. The normalized spacial score (nSPS) is 14.8. The number of piperazine rings is 1. The van der Waals surface area contributed by atoms with Gasteiger partial charge in [0.25, 0.3) is 5.91 Å². The summed E-state index contributed by atoms with van der Waals surface area (Å²) in [7, 11) is 0. The first kappa shape index (κ1) is 30.4. The van der Waals surface area contributed by atoms with Gasteiger partial charge in [0.05, 0.1) is 32.0 Å². The van der Waals surface area contributed by atoms with E-state index in [-0.39, 0.29) is 63.8 Å². The number of amides is 2. The molecular formula is C27H35N5O8. The third-order valence-electron chi connectivity index (χ3n) is 6.35. The second-order valence-corrected chi connectivity index (χ2v) is 9.86. The highest BCUT2D eigenvalue weighted by Crippen LogP contribution is 2.24. The summed E-state index contributed by atoms with van der Waals surface area (Å²) in [4.78, 5) is 65.2. The number of carboxylic acid groups (broad SMARTS) is 1. The molecule has 3 rings (SSSR count). The zero-order valence-electron chi connectivity index (χ0n) is 22.8. The number of benzene rings is 1. The van der Waals surface area contributed by atoms with Crippen LogP contribution in [-0.4, -0.2) is 99.5 Å². The molecule has 1 fully saturated rings. The number of carboxylic acids is 1. The molecule has 2 amide bonds. The van der Waals surface area contributed by atoms with Gasteiger partial charge in [-0.05, 0) is 19.4 Å². The lowest BCUT2D eigenvalue weighted by Crippen LogP contribution is -2.55. The molecule has 1 aromatic heterocycles. The molecule has 216 valence electrons. The number of hydrogen-bond donors (Lipinski definition) is 3. The van der Waals surface area contributed by atoms with Crippen molar-refractivity contribution in [2.24, 2.45) is 0 Å². The molecule has 0 spiro atoms. The molecule has 1 aliphatic rings. The average molecular weight is 558 g/mol. The predicted octanol–water partition coefficient (Wildman–Crippen LogP) is 1.61. The number of carbonyl (C=O) groups is 4. The number of aromatic nitrogens is 2. The number of ether oxygens (including phenoxy) is 1. The van der Waals surface area contributed by atoms with Crippen molar-refractivity contribution in [3.8, 4) is 11.4 Å². The van der Waals surface area contributed by atoms with E-state index in [4.69, 9.17) is 9.57 Å². The van der Waals surface area contributed by atoms with E-state index in [9.17, 15) is 29.4 Å². The van der Waals surface area contributed by atoms with Gasteiger partial charge in [0.15, 0.2) is 5.82 Å². The van der Waals surface area contributed by atoms with Crippen molar-refractivity contribution >= 4 is 23.9 Å². The fourth-order valence-corrected chi connectivity index (χ4v) is 3.93. The number of aliphatic hydroxyl groups excluding tert-OH is 1. The van der Waals surface area contributed by atoms with Gasteiger partial charge in [-0.2, -0.15) is 0 Å². The van der Waals surface area contributed by atoms with Crippen LogP contribution >= 0.6 is 0 Å². The minimum Gasteiger partial charge on any atom is -0.481 e. The van der Waals surface area contributed by atoms with E-state index < -0.39 is 35.4 Å². The summed E-state index contributed by atoms with van der Waals surface area (Å²) in [6.07, 6.45) is -1.31.